The maximum atomic E-state index is 11.0. The number of hydrogen-bond acceptors (Lipinski definition) is 5. The second-order valence-corrected chi connectivity index (χ2v) is 6.48. The van der Waals surface area contributed by atoms with Gasteiger partial charge in [0.2, 0.25) is 0 Å². The van der Waals surface area contributed by atoms with Crippen LogP contribution in [0.1, 0.15) is 12.0 Å². The molecule has 0 amide bonds. The summed E-state index contributed by atoms with van der Waals surface area (Å²) in [4.78, 5) is 19.5. The van der Waals surface area contributed by atoms with Gasteiger partial charge in [-0.15, -0.1) is 0 Å². The lowest BCUT2D eigenvalue weighted by Crippen LogP contribution is -2.13. The van der Waals surface area contributed by atoms with Crippen molar-refractivity contribution >= 4 is 16.5 Å². The standard InChI is InChI=1S/C22H17N3O3/c26-21-10-9-19(25(27)28)13-20(21)24-14-18-6-3-11-23-22(18)17-8-7-15-4-1-2-5-16(15)12-17/h1-12,26H,13-14H2. The third-order valence-electron chi connectivity index (χ3n) is 4.67. The van der Waals surface area contributed by atoms with Crippen LogP contribution < -0.4 is 0 Å². The van der Waals surface area contributed by atoms with Crippen molar-refractivity contribution in [1.29, 1.82) is 0 Å². The molecule has 0 fully saturated rings. The lowest BCUT2D eigenvalue weighted by molar-refractivity contribution is -0.426. The molecule has 6 heteroatoms. The lowest BCUT2D eigenvalue weighted by atomic mass is 10.0. The fourth-order valence-electron chi connectivity index (χ4n) is 3.20. The first kappa shape index (κ1) is 17.6. The number of allylic oxidation sites excluding steroid dienone is 4. The summed E-state index contributed by atoms with van der Waals surface area (Å²) in [7, 11) is 0. The van der Waals surface area contributed by atoms with Gasteiger partial charge in [0.15, 0.2) is 0 Å². The highest BCUT2D eigenvalue weighted by atomic mass is 16.6. The van der Waals surface area contributed by atoms with Crippen molar-refractivity contribution in [3.63, 3.8) is 0 Å². The highest BCUT2D eigenvalue weighted by Gasteiger charge is 2.21. The van der Waals surface area contributed by atoms with Crippen LogP contribution in [-0.2, 0) is 6.54 Å². The molecule has 1 N–H and O–H groups in total. The number of aliphatic hydroxyl groups excluding tert-OH is 1. The van der Waals surface area contributed by atoms with Gasteiger partial charge in [-0.05, 0) is 34.5 Å². The summed E-state index contributed by atoms with van der Waals surface area (Å²) in [6.07, 6.45) is 4.35. The van der Waals surface area contributed by atoms with Crippen molar-refractivity contribution in [2.75, 3.05) is 0 Å². The van der Waals surface area contributed by atoms with Crippen LogP contribution in [0.4, 0.5) is 0 Å². The van der Waals surface area contributed by atoms with E-state index >= 15 is 0 Å². The summed E-state index contributed by atoms with van der Waals surface area (Å²) in [5, 5.41) is 23.3. The molecule has 1 aromatic heterocycles. The quantitative estimate of drug-likeness (QED) is 0.524. The number of fused-ring (bicyclic) bond motifs is 1. The van der Waals surface area contributed by atoms with Crippen LogP contribution in [0.2, 0.25) is 0 Å². The SMILES string of the molecule is O=[N+]([O-])C1=CC=C(O)C(=NCc2cccnc2-c2ccc3ccccc3c2)C1. The zero-order valence-electron chi connectivity index (χ0n) is 14.9. The van der Waals surface area contributed by atoms with Crippen molar-refractivity contribution in [1.82, 2.24) is 4.98 Å². The van der Waals surface area contributed by atoms with Gasteiger partial charge in [-0.1, -0.05) is 42.5 Å². The monoisotopic (exact) mass is 371 g/mol. The Morgan fingerprint density at radius 2 is 1.89 bits per heavy atom. The van der Waals surface area contributed by atoms with E-state index in [0.717, 1.165) is 27.6 Å². The molecule has 0 bridgehead atoms. The highest BCUT2D eigenvalue weighted by molar-refractivity contribution is 6.00. The van der Waals surface area contributed by atoms with Crippen LogP contribution >= 0.6 is 0 Å². The highest BCUT2D eigenvalue weighted by Crippen LogP contribution is 2.26. The number of aliphatic imine (C=N–C) groups is 1. The molecule has 1 aliphatic rings. The van der Waals surface area contributed by atoms with E-state index in [1.807, 2.05) is 30.3 Å². The molecule has 1 heterocycles. The average molecular weight is 371 g/mol. The van der Waals surface area contributed by atoms with Gasteiger partial charge in [-0.25, -0.2) is 0 Å². The number of aliphatic hydroxyl groups is 1. The first-order valence-corrected chi connectivity index (χ1v) is 8.83. The number of benzene rings is 2. The Balaban J connectivity index is 1.66. The van der Waals surface area contributed by atoms with Gasteiger partial charge in [-0.3, -0.25) is 20.1 Å². The fourth-order valence-corrected chi connectivity index (χ4v) is 3.20. The predicted octanol–water partition coefficient (Wildman–Crippen LogP) is 4.85. The maximum Gasteiger partial charge on any atom is 0.252 e. The largest absolute Gasteiger partial charge is 0.506 e. The van der Waals surface area contributed by atoms with E-state index in [-0.39, 0.29) is 24.4 Å². The van der Waals surface area contributed by atoms with Crippen molar-refractivity contribution in [2.45, 2.75) is 13.0 Å². The van der Waals surface area contributed by atoms with Crippen molar-refractivity contribution in [3.8, 4) is 11.3 Å². The molecule has 3 aromatic rings. The lowest BCUT2D eigenvalue weighted by Gasteiger charge is -2.11. The van der Waals surface area contributed by atoms with E-state index in [4.69, 9.17) is 0 Å². The van der Waals surface area contributed by atoms with E-state index in [2.05, 4.69) is 34.2 Å². The van der Waals surface area contributed by atoms with Crippen LogP contribution in [0.3, 0.4) is 0 Å². The van der Waals surface area contributed by atoms with Crippen molar-refractivity contribution in [2.24, 2.45) is 4.99 Å². The van der Waals surface area contributed by atoms with E-state index in [9.17, 15) is 15.2 Å². The Morgan fingerprint density at radius 3 is 2.71 bits per heavy atom. The second kappa shape index (κ2) is 7.44. The van der Waals surface area contributed by atoms with Gasteiger partial charge in [-0.2, -0.15) is 0 Å². The molecular weight excluding hydrogens is 354 g/mol. The molecule has 0 unspecified atom stereocenters. The first-order chi connectivity index (χ1) is 13.6. The average Bonchev–Trinajstić information content (AvgIpc) is 2.73. The van der Waals surface area contributed by atoms with E-state index < -0.39 is 4.92 Å². The van der Waals surface area contributed by atoms with E-state index in [1.54, 1.807) is 6.20 Å². The molecule has 6 nitrogen and oxygen atoms in total. The third-order valence-corrected chi connectivity index (χ3v) is 4.67. The number of hydrogen-bond donors (Lipinski definition) is 1. The van der Waals surface area contributed by atoms with Gasteiger partial charge in [0.05, 0.1) is 29.3 Å². The molecular formula is C22H17N3O3. The Bertz CT molecular complexity index is 1160. The number of aromatic nitrogens is 1. The Morgan fingerprint density at radius 1 is 1.07 bits per heavy atom. The summed E-state index contributed by atoms with van der Waals surface area (Å²) in [5.74, 6) is -0.0401. The summed E-state index contributed by atoms with van der Waals surface area (Å²) >= 11 is 0. The summed E-state index contributed by atoms with van der Waals surface area (Å²) < 4.78 is 0. The zero-order valence-corrected chi connectivity index (χ0v) is 14.9. The van der Waals surface area contributed by atoms with Gasteiger partial charge in [0.1, 0.15) is 5.76 Å². The second-order valence-electron chi connectivity index (χ2n) is 6.48. The summed E-state index contributed by atoms with van der Waals surface area (Å²) in [6.45, 7) is 0.272. The smallest absolute Gasteiger partial charge is 0.252 e. The van der Waals surface area contributed by atoms with Crippen molar-refractivity contribution < 1.29 is 10.0 Å². The maximum absolute atomic E-state index is 11.0. The van der Waals surface area contributed by atoms with Crippen LogP contribution in [-0.4, -0.2) is 20.7 Å². The molecule has 2 aromatic carbocycles. The topological polar surface area (TPSA) is 88.6 Å². The number of nitro groups is 1. The Labute approximate surface area is 161 Å². The summed E-state index contributed by atoms with van der Waals surface area (Å²) in [6, 6.07) is 18.0. The van der Waals surface area contributed by atoms with E-state index in [0.29, 0.717) is 5.71 Å². The minimum absolute atomic E-state index is 0.000896. The first-order valence-electron chi connectivity index (χ1n) is 8.83. The van der Waals surface area contributed by atoms with Crippen LogP contribution in [0.5, 0.6) is 0 Å². The minimum atomic E-state index is -0.455. The molecule has 1 aliphatic carbocycles. The van der Waals surface area contributed by atoms with Crippen LogP contribution in [0.25, 0.3) is 22.0 Å². The number of rotatable bonds is 4. The minimum Gasteiger partial charge on any atom is -0.506 e. The molecule has 0 atom stereocenters. The number of nitrogens with zero attached hydrogens (tertiary/aromatic N) is 3. The summed E-state index contributed by atoms with van der Waals surface area (Å²) in [5.41, 5.74) is 2.99. The van der Waals surface area contributed by atoms with Crippen LogP contribution in [0, 0.1) is 10.1 Å². The fraction of sp³-hybridized carbons (Fsp3) is 0.0909. The Hall–Kier alpha value is -3.80. The molecule has 0 saturated heterocycles. The third kappa shape index (κ3) is 3.53. The molecule has 0 aliphatic heterocycles. The zero-order chi connectivity index (χ0) is 19.5. The molecule has 138 valence electrons. The normalized spacial score (nSPS) is 15.4. The molecule has 28 heavy (non-hydrogen) atoms. The molecule has 0 saturated carbocycles. The van der Waals surface area contributed by atoms with Gasteiger partial charge in [0, 0.05) is 17.8 Å². The molecule has 0 spiro atoms. The van der Waals surface area contributed by atoms with E-state index in [1.165, 1.54) is 12.2 Å². The van der Waals surface area contributed by atoms with Crippen molar-refractivity contribution in [3.05, 3.63) is 100 Å². The van der Waals surface area contributed by atoms with Crippen LogP contribution in [0.15, 0.2) is 89.4 Å². The molecule has 0 radical (unpaired) electrons. The Kier molecular flexibility index (Phi) is 4.68. The molecule has 4 rings (SSSR count). The number of pyridine rings is 1. The van der Waals surface area contributed by atoms with Gasteiger partial charge >= 0.3 is 0 Å². The van der Waals surface area contributed by atoms with Gasteiger partial charge < -0.3 is 5.11 Å². The predicted molar refractivity (Wildman–Crippen MR) is 109 cm³/mol. The van der Waals surface area contributed by atoms with Gasteiger partial charge in [0.25, 0.3) is 5.70 Å².